The molecule has 0 aliphatic rings. The molecule has 0 aliphatic carbocycles. The molecular weight excluding hydrogens is 506 g/mol. The van der Waals surface area contributed by atoms with Gasteiger partial charge in [-0.05, 0) is 43.7 Å². The number of nitrogens with one attached hydrogen (secondary N) is 3. The summed E-state index contributed by atoms with van der Waals surface area (Å²) in [6.07, 6.45) is -2.85. The van der Waals surface area contributed by atoms with Crippen LogP contribution in [0.25, 0.3) is 10.9 Å². The number of ether oxygens (including phenoxy) is 1. The van der Waals surface area contributed by atoms with E-state index in [1.165, 1.54) is 6.07 Å². The van der Waals surface area contributed by atoms with Crippen LogP contribution in [-0.4, -0.2) is 44.4 Å². The van der Waals surface area contributed by atoms with Crippen LogP contribution in [0.15, 0.2) is 41.4 Å². The monoisotopic (exact) mass is 531 g/mol. The Morgan fingerprint density at radius 1 is 1.35 bits per heavy atom. The van der Waals surface area contributed by atoms with Crippen LogP contribution in [0.3, 0.4) is 0 Å². The van der Waals surface area contributed by atoms with Crippen molar-refractivity contribution in [1.29, 1.82) is 5.41 Å². The van der Waals surface area contributed by atoms with E-state index in [0.29, 0.717) is 33.9 Å². The van der Waals surface area contributed by atoms with Crippen LogP contribution in [0.5, 0.6) is 5.75 Å². The number of halogens is 4. The molecule has 0 aliphatic heterocycles. The number of rotatable bonds is 9. The van der Waals surface area contributed by atoms with Crippen LogP contribution in [-0.2, 0) is 16.8 Å². The van der Waals surface area contributed by atoms with Gasteiger partial charge < -0.3 is 15.4 Å². The molecule has 3 N–H and O–H groups in total. The minimum Gasteiger partial charge on any atom is -0.487 e. The van der Waals surface area contributed by atoms with Crippen molar-refractivity contribution >= 4 is 48.4 Å². The number of hydrogen-bond acceptors (Lipinski definition) is 4. The van der Waals surface area contributed by atoms with E-state index in [9.17, 15) is 18.0 Å². The van der Waals surface area contributed by atoms with E-state index in [1.54, 1.807) is 34.0 Å². The molecule has 2 aromatic carbocycles. The maximum absolute atomic E-state index is 14.3. The lowest BCUT2D eigenvalue weighted by molar-refractivity contribution is -0.124. The molecule has 12 heteroatoms. The van der Waals surface area contributed by atoms with E-state index in [-0.39, 0.29) is 11.6 Å². The number of pyridine rings is 1. The third-order valence-electron chi connectivity index (χ3n) is 5.61. The number of aromatic nitrogens is 1. The Labute approximate surface area is 218 Å². The Morgan fingerprint density at radius 3 is 2.73 bits per heavy atom. The molecule has 0 saturated heterocycles. The second-order valence-electron chi connectivity index (χ2n) is 8.79. The molecule has 0 fully saturated rings. The maximum Gasteiger partial charge on any atom is 0.247 e. The predicted octanol–water partition coefficient (Wildman–Crippen LogP) is 4.06. The normalized spacial score (nSPS) is 13.4. The summed E-state index contributed by atoms with van der Waals surface area (Å²) in [5.74, 6) is -0.621. The Kier molecular flexibility index (Phi) is 8.80. The van der Waals surface area contributed by atoms with Crippen molar-refractivity contribution in [1.82, 2.24) is 15.6 Å². The largest absolute Gasteiger partial charge is 0.487 e. The standard InChI is InChI=1S/C25H26BClF3N5O2/c1-13-7-16(24(32-3)33-12-31)15-5-4-6-20(23(15)34-13)37-11-17-18(8-14(28)9-19(17)27)25(2,26)35-22(36)10-21(29)30/h4-9,12,21H,10-11,26H2,1-3H3,(H,35,36)(H2,31,32,33)/t25-/m0/s1. The van der Waals surface area contributed by atoms with Gasteiger partial charge in [-0.2, -0.15) is 0 Å². The van der Waals surface area contributed by atoms with Crippen LogP contribution in [0.2, 0.25) is 5.02 Å². The fourth-order valence-corrected chi connectivity index (χ4v) is 4.32. The first-order valence-electron chi connectivity index (χ1n) is 11.3. The van der Waals surface area contributed by atoms with Crippen molar-refractivity contribution in [2.75, 3.05) is 7.05 Å². The molecule has 0 unspecified atom stereocenters. The summed E-state index contributed by atoms with van der Waals surface area (Å²) in [6, 6.07) is 9.50. The molecule has 1 amide bonds. The van der Waals surface area contributed by atoms with Gasteiger partial charge in [-0.3, -0.25) is 10.2 Å². The zero-order chi connectivity index (χ0) is 27.3. The van der Waals surface area contributed by atoms with E-state index in [1.807, 2.05) is 19.1 Å². The van der Waals surface area contributed by atoms with Gasteiger partial charge in [0.25, 0.3) is 0 Å². The lowest BCUT2D eigenvalue weighted by Gasteiger charge is -2.30. The summed E-state index contributed by atoms with van der Waals surface area (Å²) < 4.78 is 45.8. The zero-order valence-corrected chi connectivity index (χ0v) is 21.5. The molecule has 3 rings (SSSR count). The maximum atomic E-state index is 14.3. The van der Waals surface area contributed by atoms with E-state index >= 15 is 0 Å². The second kappa shape index (κ2) is 11.6. The molecule has 3 aromatic rings. The molecule has 0 saturated carbocycles. The summed E-state index contributed by atoms with van der Waals surface area (Å²) in [6.45, 7) is 3.28. The molecule has 194 valence electrons. The fourth-order valence-electron chi connectivity index (χ4n) is 4.06. The quantitative estimate of drug-likeness (QED) is 0.220. The highest BCUT2D eigenvalue weighted by atomic mass is 35.5. The molecule has 0 spiro atoms. The Balaban J connectivity index is 2.02. The van der Waals surface area contributed by atoms with E-state index < -0.39 is 30.0 Å². The fraction of sp³-hybridized carbons (Fsp3) is 0.280. The van der Waals surface area contributed by atoms with Gasteiger partial charge >= 0.3 is 0 Å². The number of alkyl halides is 2. The second-order valence-corrected chi connectivity index (χ2v) is 9.20. The van der Waals surface area contributed by atoms with E-state index in [4.69, 9.17) is 21.7 Å². The number of amides is 1. The van der Waals surface area contributed by atoms with Gasteiger partial charge in [0.2, 0.25) is 12.3 Å². The minimum atomic E-state index is -2.81. The lowest BCUT2D eigenvalue weighted by Crippen LogP contribution is -2.45. The van der Waals surface area contributed by atoms with E-state index in [2.05, 4.69) is 20.6 Å². The number of amidine groups is 1. The van der Waals surface area contributed by atoms with Crippen LogP contribution in [0.1, 0.15) is 35.7 Å². The van der Waals surface area contributed by atoms with Gasteiger partial charge in [-0.25, -0.2) is 23.1 Å². The lowest BCUT2D eigenvalue weighted by atomic mass is 9.72. The van der Waals surface area contributed by atoms with Crippen molar-refractivity contribution in [3.8, 4) is 5.75 Å². The Hall–Kier alpha value is -3.60. The summed E-state index contributed by atoms with van der Waals surface area (Å²) >= 11 is 6.38. The predicted molar refractivity (Wildman–Crippen MR) is 141 cm³/mol. The van der Waals surface area contributed by atoms with Gasteiger partial charge in [0, 0.05) is 34.7 Å². The first-order valence-corrected chi connectivity index (χ1v) is 11.7. The van der Waals surface area contributed by atoms with Gasteiger partial charge in [0.1, 0.15) is 43.7 Å². The average molecular weight is 532 g/mol. The zero-order valence-electron chi connectivity index (χ0n) is 20.8. The number of hydrogen-bond donors (Lipinski definition) is 3. The summed E-state index contributed by atoms with van der Waals surface area (Å²) in [5, 5.41) is 13.6. The first kappa shape index (κ1) is 28.0. The third kappa shape index (κ3) is 6.59. The van der Waals surface area contributed by atoms with Gasteiger partial charge in [0.05, 0.1) is 11.4 Å². The molecule has 1 atom stereocenters. The van der Waals surface area contributed by atoms with Crippen molar-refractivity contribution in [3.05, 3.63) is 69.6 Å². The smallest absolute Gasteiger partial charge is 0.247 e. The first-order chi connectivity index (χ1) is 17.5. The topological polar surface area (TPSA) is 99.5 Å². The third-order valence-corrected chi connectivity index (χ3v) is 5.95. The number of fused-ring (bicyclic) bond motifs is 1. The SMILES string of the molecule is B[C@@](C)(NC(=O)CC(F)F)c1cc(F)cc(Cl)c1COc1cccc2c(/C(=N/C=N)NC)cc(C)nc12. The number of carbonyl (C=O) groups excluding carboxylic acids is 1. The highest BCUT2D eigenvalue weighted by Gasteiger charge is 2.29. The van der Waals surface area contributed by atoms with Crippen LogP contribution >= 0.6 is 11.6 Å². The Morgan fingerprint density at radius 2 is 2.08 bits per heavy atom. The molecule has 37 heavy (non-hydrogen) atoms. The molecule has 7 nitrogen and oxygen atoms in total. The summed E-state index contributed by atoms with van der Waals surface area (Å²) in [7, 11) is 3.27. The van der Waals surface area contributed by atoms with Crippen molar-refractivity contribution < 1.29 is 22.7 Å². The molecule has 1 heterocycles. The number of benzene rings is 2. The molecule has 0 bridgehead atoms. The molecule has 1 aromatic heterocycles. The van der Waals surface area contributed by atoms with Crippen molar-refractivity contribution in [2.45, 2.75) is 38.7 Å². The number of nitrogens with zero attached hydrogens (tertiary/aromatic N) is 2. The summed E-state index contributed by atoms with van der Waals surface area (Å²) in [4.78, 5) is 20.7. The summed E-state index contributed by atoms with van der Waals surface area (Å²) in [5.41, 5.74) is 1.41. The van der Waals surface area contributed by atoms with Gasteiger partial charge in [-0.1, -0.05) is 23.7 Å². The molecule has 0 radical (unpaired) electrons. The number of para-hydroxylation sites is 1. The molecular formula is C25H26BClF3N5O2. The van der Waals surface area contributed by atoms with Crippen LogP contribution in [0, 0.1) is 18.2 Å². The number of carbonyl (C=O) groups is 1. The Bertz CT molecular complexity index is 1370. The highest BCUT2D eigenvalue weighted by molar-refractivity contribution is 6.31. The van der Waals surface area contributed by atoms with Crippen LogP contribution < -0.4 is 15.4 Å². The number of aryl methyl sites for hydroxylation is 1. The van der Waals surface area contributed by atoms with Gasteiger partial charge in [-0.15, -0.1) is 0 Å². The van der Waals surface area contributed by atoms with Crippen molar-refractivity contribution in [2.24, 2.45) is 4.99 Å². The van der Waals surface area contributed by atoms with Crippen LogP contribution in [0.4, 0.5) is 13.2 Å². The van der Waals surface area contributed by atoms with Gasteiger partial charge in [0.15, 0.2) is 0 Å². The minimum absolute atomic E-state index is 0.0619. The van der Waals surface area contributed by atoms with E-state index in [0.717, 1.165) is 23.4 Å². The van der Waals surface area contributed by atoms with Crippen molar-refractivity contribution in [3.63, 3.8) is 0 Å². The average Bonchev–Trinajstić information content (AvgIpc) is 2.80. The highest BCUT2D eigenvalue weighted by Crippen LogP contribution is 2.32. The number of aliphatic imine (C=N–C) groups is 1.